The van der Waals surface area contributed by atoms with Crippen LogP contribution in [0.25, 0.3) is 44.7 Å². The Morgan fingerprint density at radius 2 is 0.929 bits per heavy atom. The molecule has 0 fully saturated rings. The molecular weight excluding hydrogens is 340 g/mol. The van der Waals surface area contributed by atoms with Gasteiger partial charge in [-0.05, 0) is 22.9 Å². The molecule has 0 unspecified atom stereocenters. The minimum atomic E-state index is 0.742. The van der Waals surface area contributed by atoms with Crippen LogP contribution in [0.3, 0.4) is 0 Å². The van der Waals surface area contributed by atoms with Gasteiger partial charge in [-0.3, -0.25) is 0 Å². The highest BCUT2D eigenvalue weighted by Crippen LogP contribution is 2.28. The Morgan fingerprint density at radius 3 is 1.54 bits per heavy atom. The van der Waals surface area contributed by atoms with E-state index in [-0.39, 0.29) is 0 Å². The van der Waals surface area contributed by atoms with Crippen LogP contribution in [0, 0.1) is 0 Å². The number of rotatable bonds is 3. The monoisotopic (exact) mass is 358 g/mol. The first-order chi connectivity index (χ1) is 13.9. The predicted octanol–water partition coefficient (Wildman–Crippen LogP) is 6.63. The average Bonchev–Trinajstić information content (AvgIpc) is 2.79. The van der Waals surface area contributed by atoms with Gasteiger partial charge in [-0.2, -0.15) is 0 Å². The third-order valence-electron chi connectivity index (χ3n) is 4.87. The van der Waals surface area contributed by atoms with Gasteiger partial charge >= 0.3 is 0 Å². The zero-order chi connectivity index (χ0) is 18.8. The van der Waals surface area contributed by atoms with Gasteiger partial charge in [-0.25, -0.2) is 9.97 Å². The second kappa shape index (κ2) is 7.09. The van der Waals surface area contributed by atoms with Crippen LogP contribution >= 0.6 is 0 Å². The Hall–Kier alpha value is -3.78. The van der Waals surface area contributed by atoms with Crippen molar-refractivity contribution in [3.63, 3.8) is 0 Å². The number of hydrogen-bond donors (Lipinski definition) is 0. The Kier molecular flexibility index (Phi) is 4.15. The van der Waals surface area contributed by atoms with Crippen LogP contribution in [0.5, 0.6) is 0 Å². The maximum atomic E-state index is 4.90. The van der Waals surface area contributed by atoms with Crippen molar-refractivity contribution in [3.8, 4) is 33.9 Å². The molecule has 0 N–H and O–H groups in total. The van der Waals surface area contributed by atoms with E-state index in [1.807, 2.05) is 36.4 Å². The summed E-state index contributed by atoms with van der Waals surface area (Å²) in [4.78, 5) is 9.79. The van der Waals surface area contributed by atoms with Gasteiger partial charge in [0.05, 0.1) is 11.4 Å². The molecule has 0 saturated carbocycles. The minimum Gasteiger partial charge on any atom is -0.228 e. The van der Waals surface area contributed by atoms with Crippen LogP contribution in [0.2, 0.25) is 0 Å². The average molecular weight is 358 g/mol. The van der Waals surface area contributed by atoms with E-state index in [9.17, 15) is 0 Å². The lowest BCUT2D eigenvalue weighted by molar-refractivity contribution is 1.18. The van der Waals surface area contributed by atoms with Crippen LogP contribution in [-0.2, 0) is 0 Å². The van der Waals surface area contributed by atoms with Crippen LogP contribution < -0.4 is 0 Å². The first-order valence-corrected chi connectivity index (χ1v) is 9.36. The molecule has 0 bridgehead atoms. The highest BCUT2D eigenvalue weighted by Gasteiger charge is 2.10. The van der Waals surface area contributed by atoms with Gasteiger partial charge in [0.1, 0.15) is 0 Å². The molecule has 5 rings (SSSR count). The number of fused-ring (bicyclic) bond motifs is 1. The first kappa shape index (κ1) is 16.4. The topological polar surface area (TPSA) is 25.8 Å². The second-order valence-corrected chi connectivity index (χ2v) is 6.76. The zero-order valence-electron chi connectivity index (χ0n) is 15.3. The predicted molar refractivity (Wildman–Crippen MR) is 116 cm³/mol. The Bertz CT molecular complexity index is 1190. The molecule has 0 saturated heterocycles. The largest absolute Gasteiger partial charge is 0.228 e. The van der Waals surface area contributed by atoms with Crippen LogP contribution in [0.4, 0.5) is 0 Å². The Morgan fingerprint density at radius 1 is 0.393 bits per heavy atom. The van der Waals surface area contributed by atoms with Gasteiger partial charge in [0.2, 0.25) is 0 Å². The van der Waals surface area contributed by atoms with Crippen LogP contribution in [0.1, 0.15) is 0 Å². The zero-order valence-corrected chi connectivity index (χ0v) is 15.3. The summed E-state index contributed by atoms with van der Waals surface area (Å²) in [7, 11) is 0. The normalized spacial score (nSPS) is 10.9. The molecule has 4 aromatic carbocycles. The fraction of sp³-hybridized carbons (Fsp3) is 0. The molecule has 0 aliphatic carbocycles. The summed E-state index contributed by atoms with van der Waals surface area (Å²) in [6, 6.07) is 37.3. The fourth-order valence-corrected chi connectivity index (χ4v) is 3.42. The van der Waals surface area contributed by atoms with Gasteiger partial charge in [-0.1, -0.05) is 97.1 Å². The molecule has 0 amide bonds. The Labute approximate surface area is 164 Å². The fourth-order valence-electron chi connectivity index (χ4n) is 3.42. The first-order valence-electron chi connectivity index (χ1n) is 9.36. The van der Waals surface area contributed by atoms with Crippen molar-refractivity contribution in [3.05, 3.63) is 109 Å². The SMILES string of the molecule is c1ccc(-c2cc(-c3ccccc3)nc(-c3ccc4ccccc4c3)n2)cc1. The van der Waals surface area contributed by atoms with Crippen LogP contribution in [-0.4, -0.2) is 9.97 Å². The number of benzene rings is 4. The van der Waals surface area contributed by atoms with Gasteiger partial charge in [0, 0.05) is 16.7 Å². The summed E-state index contributed by atoms with van der Waals surface area (Å²) in [5, 5.41) is 2.41. The molecule has 0 spiro atoms. The summed E-state index contributed by atoms with van der Waals surface area (Å²) in [6.07, 6.45) is 0. The molecule has 2 heteroatoms. The van der Waals surface area contributed by atoms with Crippen molar-refractivity contribution in [1.82, 2.24) is 9.97 Å². The van der Waals surface area contributed by atoms with Gasteiger partial charge < -0.3 is 0 Å². The van der Waals surface area contributed by atoms with Gasteiger partial charge in [-0.15, -0.1) is 0 Å². The summed E-state index contributed by atoms with van der Waals surface area (Å²) in [5.41, 5.74) is 5.05. The summed E-state index contributed by atoms with van der Waals surface area (Å²) in [6.45, 7) is 0. The van der Waals surface area contributed by atoms with Crippen LogP contribution in [0.15, 0.2) is 109 Å². The number of aromatic nitrogens is 2. The van der Waals surface area contributed by atoms with E-state index in [0.717, 1.165) is 33.9 Å². The highest BCUT2D eigenvalue weighted by atomic mass is 14.9. The molecule has 0 atom stereocenters. The summed E-state index contributed by atoms with van der Waals surface area (Å²) >= 11 is 0. The minimum absolute atomic E-state index is 0.742. The van der Waals surface area contributed by atoms with Crippen molar-refractivity contribution in [1.29, 1.82) is 0 Å². The van der Waals surface area contributed by atoms with Gasteiger partial charge in [0.15, 0.2) is 5.82 Å². The Balaban J connectivity index is 1.72. The number of hydrogen-bond acceptors (Lipinski definition) is 2. The van der Waals surface area contributed by atoms with E-state index in [2.05, 4.69) is 72.8 Å². The molecule has 0 radical (unpaired) electrons. The maximum Gasteiger partial charge on any atom is 0.160 e. The lowest BCUT2D eigenvalue weighted by Gasteiger charge is -2.10. The maximum absolute atomic E-state index is 4.90. The molecule has 1 aromatic heterocycles. The smallest absolute Gasteiger partial charge is 0.160 e. The lowest BCUT2D eigenvalue weighted by atomic mass is 10.0. The summed E-state index contributed by atoms with van der Waals surface area (Å²) < 4.78 is 0. The molecule has 2 nitrogen and oxygen atoms in total. The van der Waals surface area contributed by atoms with Crippen molar-refractivity contribution < 1.29 is 0 Å². The second-order valence-electron chi connectivity index (χ2n) is 6.76. The molecule has 1 heterocycles. The molecular formula is C26H18N2. The van der Waals surface area contributed by atoms with Gasteiger partial charge in [0.25, 0.3) is 0 Å². The standard InChI is InChI=1S/C26H18N2/c1-3-10-20(11-4-1)24-18-25(21-12-5-2-6-13-21)28-26(27-24)23-16-15-19-9-7-8-14-22(19)17-23/h1-18H. The number of nitrogens with zero attached hydrogens (tertiary/aromatic N) is 2. The van der Waals surface area contributed by atoms with Crippen molar-refractivity contribution in [2.24, 2.45) is 0 Å². The third kappa shape index (κ3) is 3.17. The van der Waals surface area contributed by atoms with Crippen molar-refractivity contribution >= 4 is 10.8 Å². The van der Waals surface area contributed by atoms with Crippen molar-refractivity contribution in [2.45, 2.75) is 0 Å². The van der Waals surface area contributed by atoms with E-state index in [4.69, 9.17) is 9.97 Å². The molecule has 0 aliphatic heterocycles. The van der Waals surface area contributed by atoms with E-state index >= 15 is 0 Å². The molecule has 28 heavy (non-hydrogen) atoms. The lowest BCUT2D eigenvalue weighted by Crippen LogP contribution is -1.95. The van der Waals surface area contributed by atoms with E-state index in [1.165, 1.54) is 10.8 Å². The highest BCUT2D eigenvalue weighted by molar-refractivity contribution is 5.86. The molecule has 0 aliphatic rings. The van der Waals surface area contributed by atoms with E-state index < -0.39 is 0 Å². The molecule has 132 valence electrons. The summed E-state index contributed by atoms with van der Waals surface area (Å²) in [5.74, 6) is 0.742. The van der Waals surface area contributed by atoms with E-state index in [1.54, 1.807) is 0 Å². The molecule has 5 aromatic rings. The van der Waals surface area contributed by atoms with Crippen molar-refractivity contribution in [2.75, 3.05) is 0 Å². The van der Waals surface area contributed by atoms with E-state index in [0.29, 0.717) is 0 Å². The third-order valence-corrected chi connectivity index (χ3v) is 4.87. The quantitative estimate of drug-likeness (QED) is 0.362.